The average molecular weight is 370 g/mol. The number of nitrogens with zero attached hydrogens (tertiary/aromatic N) is 3. The highest BCUT2D eigenvalue weighted by atomic mass is 19.1. The number of hydrogen-bond acceptors (Lipinski definition) is 2. The molecule has 1 atom stereocenters. The van der Waals surface area contributed by atoms with E-state index in [2.05, 4.69) is 21.8 Å². The Morgan fingerprint density at radius 3 is 2.93 bits per heavy atom. The fourth-order valence-electron chi connectivity index (χ4n) is 4.28. The van der Waals surface area contributed by atoms with E-state index in [0.717, 1.165) is 58.6 Å². The summed E-state index contributed by atoms with van der Waals surface area (Å²) < 4.78 is 15.8. The van der Waals surface area contributed by atoms with Crippen molar-refractivity contribution in [1.29, 1.82) is 5.26 Å². The molecular weight excluding hydrogens is 351 g/mol. The fourth-order valence-corrected chi connectivity index (χ4v) is 4.28. The Morgan fingerprint density at radius 2 is 2.11 bits per heavy atom. The number of hydrogen-bond donors (Lipinski definition) is 1. The van der Waals surface area contributed by atoms with Gasteiger partial charge < -0.3 is 9.55 Å². The normalized spacial score (nSPS) is 16.1. The van der Waals surface area contributed by atoms with Gasteiger partial charge in [0.15, 0.2) is 0 Å². The molecule has 4 nitrogen and oxygen atoms in total. The number of benzene rings is 2. The quantitative estimate of drug-likeness (QED) is 0.522. The van der Waals surface area contributed by atoms with E-state index in [4.69, 9.17) is 10.2 Å². The Kier molecular flexibility index (Phi) is 3.80. The predicted molar refractivity (Wildman–Crippen MR) is 106 cm³/mol. The van der Waals surface area contributed by atoms with Crippen molar-refractivity contribution in [1.82, 2.24) is 14.5 Å². The molecule has 4 aromatic rings. The number of fused-ring (bicyclic) bond motifs is 2. The highest BCUT2D eigenvalue weighted by Gasteiger charge is 2.26. The number of rotatable bonds is 2. The van der Waals surface area contributed by atoms with E-state index in [1.54, 1.807) is 6.07 Å². The monoisotopic (exact) mass is 370 g/mol. The van der Waals surface area contributed by atoms with Crippen LogP contribution in [0.1, 0.15) is 41.3 Å². The van der Waals surface area contributed by atoms with Crippen molar-refractivity contribution < 1.29 is 4.39 Å². The molecule has 3 heterocycles. The maximum atomic E-state index is 13.5. The molecule has 2 aromatic carbocycles. The van der Waals surface area contributed by atoms with Gasteiger partial charge in [0.05, 0.1) is 17.3 Å². The van der Waals surface area contributed by atoms with E-state index in [9.17, 15) is 4.39 Å². The van der Waals surface area contributed by atoms with Gasteiger partial charge >= 0.3 is 0 Å². The van der Waals surface area contributed by atoms with Crippen LogP contribution < -0.4 is 0 Å². The lowest BCUT2D eigenvalue weighted by Gasteiger charge is -2.25. The third-order valence-corrected chi connectivity index (χ3v) is 5.64. The van der Waals surface area contributed by atoms with Crippen LogP contribution in [0.4, 0.5) is 4.39 Å². The van der Waals surface area contributed by atoms with Crippen molar-refractivity contribution in [3.63, 3.8) is 0 Å². The number of nitriles is 1. The van der Waals surface area contributed by atoms with Crippen LogP contribution >= 0.6 is 0 Å². The van der Waals surface area contributed by atoms with E-state index in [1.807, 2.05) is 37.3 Å². The first kappa shape index (κ1) is 16.8. The molecule has 0 saturated heterocycles. The van der Waals surface area contributed by atoms with Crippen molar-refractivity contribution >= 4 is 10.9 Å². The van der Waals surface area contributed by atoms with E-state index in [-0.39, 0.29) is 11.7 Å². The topological polar surface area (TPSA) is 57.4 Å². The predicted octanol–water partition coefficient (Wildman–Crippen LogP) is 5.28. The van der Waals surface area contributed by atoms with Crippen LogP contribution in [0.25, 0.3) is 22.3 Å². The molecule has 0 bridgehead atoms. The zero-order valence-electron chi connectivity index (χ0n) is 15.5. The molecule has 0 aliphatic carbocycles. The maximum absolute atomic E-state index is 13.5. The molecule has 1 N–H and O–H groups in total. The van der Waals surface area contributed by atoms with Gasteiger partial charge in [-0.15, -0.1) is 0 Å². The number of halogens is 1. The van der Waals surface area contributed by atoms with Gasteiger partial charge in [0.2, 0.25) is 0 Å². The minimum absolute atomic E-state index is 0.178. The number of nitrogens with one attached hydrogen (secondary N) is 1. The van der Waals surface area contributed by atoms with Crippen molar-refractivity contribution in [2.75, 3.05) is 0 Å². The SMILES string of the molecule is Cc1cc(F)ccc1C1CCCn2cc(-c3cc4cc(C#N)ccc4[nH]3)nc21. The van der Waals surface area contributed by atoms with E-state index in [0.29, 0.717) is 5.56 Å². The van der Waals surface area contributed by atoms with E-state index in [1.165, 1.54) is 6.07 Å². The Hall–Kier alpha value is -3.39. The van der Waals surface area contributed by atoms with Gasteiger partial charge in [-0.05, 0) is 67.3 Å². The fraction of sp³-hybridized carbons (Fsp3) is 0.217. The third kappa shape index (κ3) is 2.69. The van der Waals surface area contributed by atoms with Gasteiger partial charge in [-0.2, -0.15) is 5.26 Å². The molecule has 0 fully saturated rings. The minimum Gasteiger partial charge on any atom is -0.353 e. The Labute approximate surface area is 162 Å². The largest absolute Gasteiger partial charge is 0.353 e. The summed E-state index contributed by atoms with van der Waals surface area (Å²) in [5, 5.41) is 10.1. The minimum atomic E-state index is -0.198. The molecule has 5 rings (SSSR count). The third-order valence-electron chi connectivity index (χ3n) is 5.64. The van der Waals surface area contributed by atoms with Gasteiger partial charge in [0, 0.05) is 29.6 Å². The highest BCUT2D eigenvalue weighted by molar-refractivity contribution is 5.86. The number of imidazole rings is 1. The van der Waals surface area contributed by atoms with Crippen LogP contribution in [0, 0.1) is 24.1 Å². The molecular formula is C23H19FN4. The van der Waals surface area contributed by atoms with Crippen molar-refractivity contribution in [3.8, 4) is 17.5 Å². The second kappa shape index (κ2) is 6.35. The van der Waals surface area contributed by atoms with Crippen molar-refractivity contribution in [3.05, 3.63) is 77.0 Å². The van der Waals surface area contributed by atoms with Crippen LogP contribution in [0.2, 0.25) is 0 Å². The Balaban J connectivity index is 1.58. The summed E-state index contributed by atoms with van der Waals surface area (Å²) in [5.41, 5.74) is 5.60. The summed E-state index contributed by atoms with van der Waals surface area (Å²) >= 11 is 0. The molecule has 28 heavy (non-hydrogen) atoms. The molecule has 1 aliphatic heterocycles. The summed E-state index contributed by atoms with van der Waals surface area (Å²) in [6, 6.07) is 14.9. The summed E-state index contributed by atoms with van der Waals surface area (Å²) in [7, 11) is 0. The first-order valence-corrected chi connectivity index (χ1v) is 9.49. The molecule has 0 saturated carbocycles. The standard InChI is InChI=1S/C23H19FN4/c1-14-9-17(24)5-6-18(14)19-3-2-8-28-13-22(27-23(19)28)21-11-16-10-15(12-25)4-7-20(16)26-21/h4-7,9-11,13,19,26H,2-3,8H2,1H3. The smallest absolute Gasteiger partial charge is 0.123 e. The van der Waals surface area contributed by atoms with Gasteiger partial charge in [0.25, 0.3) is 0 Å². The molecule has 1 aliphatic rings. The van der Waals surface area contributed by atoms with Crippen molar-refractivity contribution in [2.45, 2.75) is 32.2 Å². The van der Waals surface area contributed by atoms with E-state index < -0.39 is 0 Å². The lowest BCUT2D eigenvalue weighted by Crippen LogP contribution is -2.17. The second-order valence-electron chi connectivity index (χ2n) is 7.47. The summed E-state index contributed by atoms with van der Waals surface area (Å²) in [5.74, 6) is 1.01. The summed E-state index contributed by atoms with van der Waals surface area (Å²) in [4.78, 5) is 8.36. The zero-order chi connectivity index (χ0) is 19.3. The molecule has 1 unspecified atom stereocenters. The molecule has 2 aromatic heterocycles. The number of aromatic nitrogens is 3. The maximum Gasteiger partial charge on any atom is 0.123 e. The molecule has 5 heteroatoms. The zero-order valence-corrected chi connectivity index (χ0v) is 15.5. The average Bonchev–Trinajstić information content (AvgIpc) is 3.31. The number of aryl methyl sites for hydroxylation is 2. The molecule has 0 spiro atoms. The van der Waals surface area contributed by atoms with E-state index >= 15 is 0 Å². The van der Waals surface area contributed by atoms with Gasteiger partial charge in [-0.25, -0.2) is 9.37 Å². The van der Waals surface area contributed by atoms with Crippen LogP contribution in [-0.4, -0.2) is 14.5 Å². The van der Waals surface area contributed by atoms with Gasteiger partial charge in [-0.1, -0.05) is 6.07 Å². The van der Waals surface area contributed by atoms with Crippen molar-refractivity contribution in [2.24, 2.45) is 0 Å². The first-order valence-electron chi connectivity index (χ1n) is 9.49. The summed E-state index contributed by atoms with van der Waals surface area (Å²) in [6.45, 7) is 2.91. The lowest BCUT2D eigenvalue weighted by atomic mass is 9.88. The number of H-pyrrole nitrogens is 1. The van der Waals surface area contributed by atoms with Crippen LogP contribution in [0.15, 0.2) is 48.7 Å². The second-order valence-corrected chi connectivity index (χ2v) is 7.47. The Morgan fingerprint density at radius 1 is 1.21 bits per heavy atom. The Bertz CT molecular complexity index is 1240. The highest BCUT2D eigenvalue weighted by Crippen LogP contribution is 2.36. The van der Waals surface area contributed by atoms with Crippen LogP contribution in [-0.2, 0) is 6.54 Å². The number of aromatic amines is 1. The lowest BCUT2D eigenvalue weighted by molar-refractivity contribution is 0.478. The molecule has 138 valence electrons. The van der Waals surface area contributed by atoms with Crippen LogP contribution in [0.5, 0.6) is 0 Å². The summed E-state index contributed by atoms with van der Waals surface area (Å²) in [6.07, 6.45) is 4.18. The molecule has 0 radical (unpaired) electrons. The van der Waals surface area contributed by atoms with Gasteiger partial charge in [0.1, 0.15) is 17.3 Å². The van der Waals surface area contributed by atoms with Gasteiger partial charge in [-0.3, -0.25) is 0 Å². The molecule has 0 amide bonds. The first-order chi connectivity index (χ1) is 13.6. The van der Waals surface area contributed by atoms with Crippen LogP contribution in [0.3, 0.4) is 0 Å².